The Labute approximate surface area is 125 Å². The van der Waals surface area contributed by atoms with E-state index in [1.165, 1.54) is 0 Å². The molecule has 0 aliphatic carbocycles. The maximum absolute atomic E-state index is 9.20. The molecule has 3 nitrogen and oxygen atoms in total. The van der Waals surface area contributed by atoms with Crippen LogP contribution in [-0.4, -0.2) is 39.2 Å². The van der Waals surface area contributed by atoms with E-state index in [2.05, 4.69) is 45.8 Å². The van der Waals surface area contributed by atoms with Gasteiger partial charge in [-0.15, -0.1) is 6.58 Å². The Kier molecular flexibility index (Phi) is 6.45. The highest BCUT2D eigenvalue weighted by Crippen LogP contribution is 2.37. The van der Waals surface area contributed by atoms with Crippen molar-refractivity contribution in [2.45, 2.75) is 57.8 Å². The zero-order valence-corrected chi connectivity index (χ0v) is 14.9. The van der Waals surface area contributed by atoms with Crippen molar-refractivity contribution < 1.29 is 9.53 Å². The molecular formula is C16H33NO2Si. The predicted octanol–water partition coefficient (Wildman–Crippen LogP) is 3.17. The SMILES string of the molecule is C=C[C@H]1CN[C@H](CO[Si](C)(C)C(C)(C)C)C[C@@H]1CCO. The largest absolute Gasteiger partial charge is 0.415 e. The molecule has 0 amide bonds. The second-order valence-electron chi connectivity index (χ2n) is 7.58. The third kappa shape index (κ3) is 4.69. The summed E-state index contributed by atoms with van der Waals surface area (Å²) in [6, 6.07) is 0.414. The van der Waals surface area contributed by atoms with E-state index in [9.17, 15) is 5.11 Å². The number of piperidine rings is 1. The average Bonchev–Trinajstić information content (AvgIpc) is 2.36. The Morgan fingerprint density at radius 1 is 1.40 bits per heavy atom. The van der Waals surface area contributed by atoms with Gasteiger partial charge < -0.3 is 14.8 Å². The average molecular weight is 300 g/mol. The maximum Gasteiger partial charge on any atom is 0.192 e. The number of hydrogen-bond acceptors (Lipinski definition) is 3. The topological polar surface area (TPSA) is 41.5 Å². The molecule has 1 saturated heterocycles. The van der Waals surface area contributed by atoms with Gasteiger partial charge >= 0.3 is 0 Å². The molecule has 118 valence electrons. The molecule has 0 unspecified atom stereocenters. The van der Waals surface area contributed by atoms with Gasteiger partial charge in [0.2, 0.25) is 0 Å². The van der Waals surface area contributed by atoms with Crippen LogP contribution < -0.4 is 5.32 Å². The number of rotatable bonds is 6. The van der Waals surface area contributed by atoms with E-state index < -0.39 is 8.32 Å². The summed E-state index contributed by atoms with van der Waals surface area (Å²) in [4.78, 5) is 0. The highest BCUT2D eigenvalue weighted by molar-refractivity contribution is 6.74. The number of aliphatic hydroxyl groups is 1. The van der Waals surface area contributed by atoms with Crippen LogP contribution in [0.2, 0.25) is 18.1 Å². The fourth-order valence-electron chi connectivity index (χ4n) is 2.52. The second-order valence-corrected chi connectivity index (χ2v) is 12.4. The van der Waals surface area contributed by atoms with E-state index in [1.54, 1.807) is 0 Å². The summed E-state index contributed by atoms with van der Waals surface area (Å²) in [5.74, 6) is 1.01. The maximum atomic E-state index is 9.20. The standard InChI is InChI=1S/C16H33NO2Si/c1-7-13-11-17-15(10-14(13)8-9-18)12-19-20(5,6)16(2,3)4/h7,13-15,17-18H,1,8-12H2,2-6H3/t13-,14-,15-/m0/s1. The zero-order valence-electron chi connectivity index (χ0n) is 13.9. The van der Waals surface area contributed by atoms with Crippen LogP contribution in [0, 0.1) is 11.8 Å². The Bertz CT molecular complexity index is 312. The van der Waals surface area contributed by atoms with E-state index in [-0.39, 0.29) is 11.6 Å². The molecule has 20 heavy (non-hydrogen) atoms. The minimum atomic E-state index is -1.66. The lowest BCUT2D eigenvalue weighted by atomic mass is 9.81. The van der Waals surface area contributed by atoms with Crippen LogP contribution in [-0.2, 0) is 4.43 Å². The van der Waals surface area contributed by atoms with Gasteiger partial charge in [0.25, 0.3) is 0 Å². The molecule has 1 rings (SSSR count). The molecule has 1 aliphatic heterocycles. The van der Waals surface area contributed by atoms with Crippen molar-refractivity contribution in [1.29, 1.82) is 0 Å². The molecule has 0 aromatic carbocycles. The van der Waals surface area contributed by atoms with Crippen molar-refractivity contribution in [2.24, 2.45) is 11.8 Å². The van der Waals surface area contributed by atoms with Crippen LogP contribution in [0.4, 0.5) is 0 Å². The van der Waals surface area contributed by atoms with Gasteiger partial charge in [-0.25, -0.2) is 0 Å². The summed E-state index contributed by atoms with van der Waals surface area (Å²) in [5, 5.41) is 13.0. The minimum absolute atomic E-state index is 0.260. The molecule has 1 fully saturated rings. The fourth-order valence-corrected chi connectivity index (χ4v) is 3.57. The van der Waals surface area contributed by atoms with Crippen molar-refractivity contribution in [1.82, 2.24) is 5.32 Å². The number of nitrogens with one attached hydrogen (secondary N) is 1. The lowest BCUT2D eigenvalue weighted by Gasteiger charge is -2.40. The van der Waals surface area contributed by atoms with Crippen molar-refractivity contribution >= 4 is 8.32 Å². The van der Waals surface area contributed by atoms with E-state index in [4.69, 9.17) is 4.43 Å². The van der Waals surface area contributed by atoms with Gasteiger partial charge in [0.1, 0.15) is 0 Å². The summed E-state index contributed by atoms with van der Waals surface area (Å²) in [6.07, 6.45) is 3.97. The molecule has 3 atom stereocenters. The summed E-state index contributed by atoms with van der Waals surface area (Å²) < 4.78 is 6.32. The van der Waals surface area contributed by atoms with E-state index in [0.29, 0.717) is 17.9 Å². The molecule has 0 aromatic heterocycles. The Morgan fingerprint density at radius 2 is 2.05 bits per heavy atom. The van der Waals surface area contributed by atoms with E-state index in [1.807, 2.05) is 6.08 Å². The first kappa shape index (κ1) is 17.9. The normalized spacial score (nSPS) is 28.4. The molecule has 0 spiro atoms. The lowest BCUT2D eigenvalue weighted by molar-refractivity contribution is 0.148. The van der Waals surface area contributed by atoms with Crippen molar-refractivity contribution in [2.75, 3.05) is 19.8 Å². The molecule has 0 radical (unpaired) electrons. The van der Waals surface area contributed by atoms with Gasteiger partial charge in [-0.2, -0.15) is 0 Å². The van der Waals surface area contributed by atoms with Crippen LogP contribution in [0.5, 0.6) is 0 Å². The Hall–Kier alpha value is -0.163. The fraction of sp³-hybridized carbons (Fsp3) is 0.875. The van der Waals surface area contributed by atoms with Gasteiger partial charge in [-0.3, -0.25) is 0 Å². The summed E-state index contributed by atoms with van der Waals surface area (Å²) in [7, 11) is -1.66. The summed E-state index contributed by atoms with van der Waals surface area (Å²) >= 11 is 0. The van der Waals surface area contributed by atoms with Crippen LogP contribution in [0.25, 0.3) is 0 Å². The van der Waals surface area contributed by atoms with Gasteiger partial charge in [0.15, 0.2) is 8.32 Å². The van der Waals surface area contributed by atoms with Gasteiger partial charge in [-0.1, -0.05) is 26.8 Å². The molecule has 2 N–H and O–H groups in total. The molecule has 0 saturated carbocycles. The molecule has 1 aliphatic rings. The number of hydrogen-bond donors (Lipinski definition) is 2. The summed E-state index contributed by atoms with van der Waals surface area (Å²) in [5.41, 5.74) is 0. The molecule has 0 aromatic rings. The van der Waals surface area contributed by atoms with Crippen LogP contribution in [0.15, 0.2) is 12.7 Å². The highest BCUT2D eigenvalue weighted by Gasteiger charge is 2.38. The van der Waals surface area contributed by atoms with Crippen molar-refractivity contribution in [3.05, 3.63) is 12.7 Å². The first-order valence-corrected chi connectivity index (χ1v) is 10.7. The second kappa shape index (κ2) is 7.21. The summed E-state index contributed by atoms with van der Waals surface area (Å²) in [6.45, 7) is 17.4. The third-order valence-electron chi connectivity index (χ3n) is 5.09. The monoisotopic (exact) mass is 299 g/mol. The molecule has 1 heterocycles. The van der Waals surface area contributed by atoms with Crippen LogP contribution >= 0.6 is 0 Å². The van der Waals surface area contributed by atoms with Crippen molar-refractivity contribution in [3.8, 4) is 0 Å². The van der Waals surface area contributed by atoms with Crippen molar-refractivity contribution in [3.63, 3.8) is 0 Å². The highest BCUT2D eigenvalue weighted by atomic mass is 28.4. The van der Waals surface area contributed by atoms with Gasteiger partial charge in [0.05, 0.1) is 0 Å². The third-order valence-corrected chi connectivity index (χ3v) is 9.59. The quantitative estimate of drug-likeness (QED) is 0.585. The van der Waals surface area contributed by atoms with Gasteiger partial charge in [0, 0.05) is 25.8 Å². The number of aliphatic hydroxyl groups excluding tert-OH is 1. The van der Waals surface area contributed by atoms with Gasteiger partial charge in [-0.05, 0) is 42.8 Å². The van der Waals surface area contributed by atoms with E-state index in [0.717, 1.165) is 26.0 Å². The zero-order chi connectivity index (χ0) is 15.4. The van der Waals surface area contributed by atoms with Crippen LogP contribution in [0.3, 0.4) is 0 Å². The minimum Gasteiger partial charge on any atom is -0.415 e. The molecular weight excluding hydrogens is 266 g/mol. The van der Waals surface area contributed by atoms with E-state index >= 15 is 0 Å². The van der Waals surface area contributed by atoms with Crippen LogP contribution in [0.1, 0.15) is 33.6 Å². The molecule has 4 heteroatoms. The Morgan fingerprint density at radius 3 is 2.55 bits per heavy atom. The molecule has 0 bridgehead atoms. The predicted molar refractivity (Wildman–Crippen MR) is 88.4 cm³/mol. The lowest BCUT2D eigenvalue weighted by Crippen LogP contribution is -2.49. The first-order chi connectivity index (χ1) is 9.21. The Balaban J connectivity index is 2.52. The smallest absolute Gasteiger partial charge is 0.192 e. The first-order valence-electron chi connectivity index (χ1n) is 7.82.